The first kappa shape index (κ1) is 10.4. The third-order valence-electron chi connectivity index (χ3n) is 2.75. The summed E-state index contributed by atoms with van der Waals surface area (Å²) >= 11 is 0. The molecule has 18 heavy (non-hydrogen) atoms. The monoisotopic (exact) mass is 231 g/mol. The fourth-order valence-electron chi connectivity index (χ4n) is 1.94. The highest BCUT2D eigenvalue weighted by Gasteiger charge is 2.08. The van der Waals surface area contributed by atoms with Gasteiger partial charge in [0, 0.05) is 10.9 Å². The Balaban J connectivity index is 2.38. The van der Waals surface area contributed by atoms with Crippen LogP contribution in [0.5, 0.6) is 0 Å². The zero-order valence-electron chi connectivity index (χ0n) is 9.54. The highest BCUT2D eigenvalue weighted by atomic mass is 14.9. The van der Waals surface area contributed by atoms with Gasteiger partial charge in [0.1, 0.15) is 6.07 Å². The molecule has 0 fully saturated rings. The average molecular weight is 231 g/mol. The number of hydrogen-bond acceptors (Lipinski definition) is 3. The van der Waals surface area contributed by atoms with E-state index in [0.717, 1.165) is 22.2 Å². The third-order valence-corrected chi connectivity index (χ3v) is 2.75. The largest absolute Gasteiger partial charge is 0.233 e. The molecule has 0 aliphatic carbocycles. The maximum absolute atomic E-state index is 8.99. The van der Waals surface area contributed by atoms with E-state index in [1.165, 1.54) is 0 Å². The Morgan fingerprint density at radius 2 is 1.56 bits per heavy atom. The number of para-hydroxylation sites is 1. The lowest BCUT2D eigenvalue weighted by molar-refractivity contribution is 1.16. The van der Waals surface area contributed by atoms with E-state index in [1.807, 2.05) is 60.7 Å². The Hall–Kier alpha value is -2.73. The Morgan fingerprint density at radius 3 is 2.33 bits per heavy atom. The number of aromatic nitrogens is 2. The minimum atomic E-state index is 0.201. The molecule has 0 saturated carbocycles. The van der Waals surface area contributed by atoms with Gasteiger partial charge in [-0.3, -0.25) is 0 Å². The third kappa shape index (κ3) is 1.70. The summed E-state index contributed by atoms with van der Waals surface area (Å²) in [5.74, 6) is 0.201. The second-order valence-electron chi connectivity index (χ2n) is 3.89. The normalized spacial score (nSPS) is 10.2. The first-order valence-corrected chi connectivity index (χ1v) is 5.61. The van der Waals surface area contributed by atoms with Crippen LogP contribution in [0.2, 0.25) is 0 Å². The smallest absolute Gasteiger partial charge is 0.219 e. The molecule has 3 aromatic rings. The van der Waals surface area contributed by atoms with Crippen molar-refractivity contribution in [2.75, 3.05) is 0 Å². The maximum atomic E-state index is 8.99. The number of nitrogens with zero attached hydrogens (tertiary/aromatic N) is 3. The van der Waals surface area contributed by atoms with Crippen molar-refractivity contribution in [3.8, 4) is 17.3 Å². The van der Waals surface area contributed by atoms with Crippen LogP contribution >= 0.6 is 0 Å². The summed E-state index contributed by atoms with van der Waals surface area (Å²) in [6.45, 7) is 0. The summed E-state index contributed by atoms with van der Waals surface area (Å²) in [5.41, 5.74) is 2.59. The molecule has 0 saturated heterocycles. The Morgan fingerprint density at radius 1 is 0.833 bits per heavy atom. The van der Waals surface area contributed by atoms with Crippen molar-refractivity contribution >= 4 is 10.9 Å². The van der Waals surface area contributed by atoms with E-state index < -0.39 is 0 Å². The van der Waals surface area contributed by atoms with Crippen LogP contribution in [0, 0.1) is 11.3 Å². The van der Waals surface area contributed by atoms with Gasteiger partial charge in [0.05, 0.1) is 11.2 Å². The lowest BCUT2D eigenvalue weighted by Gasteiger charge is -2.05. The predicted molar refractivity (Wildman–Crippen MR) is 69.7 cm³/mol. The summed E-state index contributed by atoms with van der Waals surface area (Å²) in [5, 5.41) is 9.95. The Bertz CT molecular complexity index is 743. The second kappa shape index (κ2) is 4.27. The summed E-state index contributed by atoms with van der Waals surface area (Å²) in [4.78, 5) is 8.53. The molecule has 0 aliphatic heterocycles. The summed E-state index contributed by atoms with van der Waals surface area (Å²) < 4.78 is 0. The van der Waals surface area contributed by atoms with E-state index in [1.54, 1.807) is 0 Å². The lowest BCUT2D eigenvalue weighted by atomic mass is 10.1. The Kier molecular flexibility index (Phi) is 2.47. The van der Waals surface area contributed by atoms with Gasteiger partial charge in [-0.15, -0.1) is 0 Å². The summed E-state index contributed by atoms with van der Waals surface area (Å²) in [6.07, 6.45) is 0. The summed E-state index contributed by atoms with van der Waals surface area (Å²) in [6, 6.07) is 19.6. The van der Waals surface area contributed by atoms with Gasteiger partial charge in [0.2, 0.25) is 5.82 Å². The molecular formula is C15H9N3. The molecule has 0 unspecified atom stereocenters. The van der Waals surface area contributed by atoms with Crippen molar-refractivity contribution in [3.05, 3.63) is 60.4 Å². The van der Waals surface area contributed by atoms with Crippen molar-refractivity contribution in [1.29, 1.82) is 5.26 Å². The number of fused-ring (bicyclic) bond motifs is 1. The van der Waals surface area contributed by atoms with Crippen LogP contribution < -0.4 is 0 Å². The number of hydrogen-bond donors (Lipinski definition) is 0. The molecule has 2 aromatic carbocycles. The van der Waals surface area contributed by atoms with Gasteiger partial charge in [0.15, 0.2) is 0 Å². The van der Waals surface area contributed by atoms with Crippen LogP contribution in [0.4, 0.5) is 0 Å². The van der Waals surface area contributed by atoms with Crippen molar-refractivity contribution in [1.82, 2.24) is 9.97 Å². The van der Waals surface area contributed by atoms with E-state index in [-0.39, 0.29) is 5.82 Å². The van der Waals surface area contributed by atoms with Crippen LogP contribution in [0.15, 0.2) is 54.6 Å². The molecule has 1 heterocycles. The van der Waals surface area contributed by atoms with Crippen LogP contribution in [0.25, 0.3) is 22.2 Å². The molecule has 0 amide bonds. The van der Waals surface area contributed by atoms with Crippen LogP contribution in [-0.4, -0.2) is 9.97 Å². The van der Waals surface area contributed by atoms with Gasteiger partial charge >= 0.3 is 0 Å². The molecule has 0 N–H and O–H groups in total. The second-order valence-corrected chi connectivity index (χ2v) is 3.89. The molecular weight excluding hydrogens is 222 g/mol. The lowest BCUT2D eigenvalue weighted by Crippen LogP contribution is -1.94. The molecule has 3 nitrogen and oxygen atoms in total. The van der Waals surface area contributed by atoms with E-state index >= 15 is 0 Å². The molecule has 0 bridgehead atoms. The van der Waals surface area contributed by atoms with Crippen molar-refractivity contribution in [3.63, 3.8) is 0 Å². The van der Waals surface area contributed by atoms with E-state index in [9.17, 15) is 0 Å². The van der Waals surface area contributed by atoms with Crippen LogP contribution in [0.3, 0.4) is 0 Å². The molecule has 1 aromatic heterocycles. The highest BCUT2D eigenvalue weighted by Crippen LogP contribution is 2.25. The SMILES string of the molecule is N#Cc1nc(-c2ccccc2)c2ccccc2n1. The average Bonchev–Trinajstić information content (AvgIpc) is 2.47. The van der Waals surface area contributed by atoms with Crippen molar-refractivity contribution in [2.24, 2.45) is 0 Å². The molecule has 0 spiro atoms. The standard InChI is InChI=1S/C15H9N3/c16-10-14-17-13-9-5-4-8-12(13)15(18-14)11-6-2-1-3-7-11/h1-9H. The minimum Gasteiger partial charge on any atom is -0.219 e. The number of nitriles is 1. The fourth-order valence-corrected chi connectivity index (χ4v) is 1.94. The topological polar surface area (TPSA) is 49.6 Å². The first-order chi connectivity index (χ1) is 8.88. The molecule has 0 radical (unpaired) electrons. The molecule has 0 aliphatic rings. The van der Waals surface area contributed by atoms with Crippen LogP contribution in [-0.2, 0) is 0 Å². The van der Waals surface area contributed by atoms with E-state index in [0.29, 0.717) is 0 Å². The zero-order chi connectivity index (χ0) is 12.4. The van der Waals surface area contributed by atoms with Gasteiger partial charge < -0.3 is 0 Å². The highest BCUT2D eigenvalue weighted by molar-refractivity contribution is 5.92. The minimum absolute atomic E-state index is 0.201. The fraction of sp³-hybridized carbons (Fsp3) is 0. The van der Waals surface area contributed by atoms with Crippen molar-refractivity contribution < 1.29 is 0 Å². The molecule has 84 valence electrons. The van der Waals surface area contributed by atoms with Gasteiger partial charge in [-0.1, -0.05) is 48.5 Å². The van der Waals surface area contributed by atoms with Crippen molar-refractivity contribution in [2.45, 2.75) is 0 Å². The quantitative estimate of drug-likeness (QED) is 0.646. The Labute approximate surface area is 104 Å². The molecule has 3 rings (SSSR count). The predicted octanol–water partition coefficient (Wildman–Crippen LogP) is 3.17. The van der Waals surface area contributed by atoms with E-state index in [4.69, 9.17) is 5.26 Å². The molecule has 3 heteroatoms. The maximum Gasteiger partial charge on any atom is 0.233 e. The van der Waals surface area contributed by atoms with Gasteiger partial charge in [-0.25, -0.2) is 9.97 Å². The van der Waals surface area contributed by atoms with Gasteiger partial charge in [0.25, 0.3) is 0 Å². The molecule has 0 atom stereocenters. The number of rotatable bonds is 1. The number of benzene rings is 2. The van der Waals surface area contributed by atoms with Gasteiger partial charge in [-0.05, 0) is 6.07 Å². The van der Waals surface area contributed by atoms with Crippen LogP contribution in [0.1, 0.15) is 5.82 Å². The first-order valence-electron chi connectivity index (χ1n) is 5.61. The van der Waals surface area contributed by atoms with Gasteiger partial charge in [-0.2, -0.15) is 5.26 Å². The zero-order valence-corrected chi connectivity index (χ0v) is 9.54. The van der Waals surface area contributed by atoms with E-state index in [2.05, 4.69) is 9.97 Å². The summed E-state index contributed by atoms with van der Waals surface area (Å²) in [7, 11) is 0.